The van der Waals surface area contributed by atoms with Gasteiger partial charge in [-0.05, 0) is 76.3 Å². The third-order valence-corrected chi connectivity index (χ3v) is 6.19. The SMILES string of the molecule is Cc1nc(N2CCC(N(C)C)CC2)nc2ccc(NC(=O)COc3ccc(OCS)cc3)cc12. The molecule has 34 heavy (non-hydrogen) atoms. The van der Waals surface area contributed by atoms with Gasteiger partial charge in [-0.25, -0.2) is 9.97 Å². The van der Waals surface area contributed by atoms with Crippen LogP contribution in [0.3, 0.4) is 0 Å². The van der Waals surface area contributed by atoms with E-state index in [1.54, 1.807) is 24.3 Å². The van der Waals surface area contributed by atoms with Crippen LogP contribution >= 0.6 is 12.6 Å². The molecule has 0 bridgehead atoms. The van der Waals surface area contributed by atoms with Gasteiger partial charge in [-0.3, -0.25) is 4.79 Å². The highest BCUT2D eigenvalue weighted by Crippen LogP contribution is 2.25. The fourth-order valence-electron chi connectivity index (χ4n) is 4.12. The van der Waals surface area contributed by atoms with Crippen LogP contribution < -0.4 is 19.7 Å². The zero-order chi connectivity index (χ0) is 24.1. The van der Waals surface area contributed by atoms with Crippen molar-refractivity contribution in [2.24, 2.45) is 0 Å². The van der Waals surface area contributed by atoms with Gasteiger partial charge in [0.25, 0.3) is 5.91 Å². The fourth-order valence-corrected chi connectivity index (χ4v) is 4.27. The molecule has 1 saturated heterocycles. The van der Waals surface area contributed by atoms with Gasteiger partial charge in [0.05, 0.1) is 11.2 Å². The molecule has 1 fully saturated rings. The smallest absolute Gasteiger partial charge is 0.262 e. The predicted octanol–water partition coefficient (Wildman–Crippen LogP) is 3.75. The molecule has 1 aliphatic rings. The number of aromatic nitrogens is 2. The van der Waals surface area contributed by atoms with Crippen LogP contribution in [-0.2, 0) is 4.79 Å². The zero-order valence-corrected chi connectivity index (χ0v) is 20.7. The molecule has 8 nitrogen and oxygen atoms in total. The highest BCUT2D eigenvalue weighted by molar-refractivity contribution is 7.80. The summed E-state index contributed by atoms with van der Waals surface area (Å²) >= 11 is 4.02. The third kappa shape index (κ3) is 5.90. The summed E-state index contributed by atoms with van der Waals surface area (Å²) in [5.74, 6) is 2.12. The van der Waals surface area contributed by atoms with Gasteiger partial charge in [0.15, 0.2) is 6.61 Å². The maximum atomic E-state index is 12.4. The molecule has 0 atom stereocenters. The first kappa shape index (κ1) is 24.1. The van der Waals surface area contributed by atoms with E-state index in [1.165, 1.54) is 0 Å². The van der Waals surface area contributed by atoms with Gasteiger partial charge >= 0.3 is 0 Å². The number of hydrogen-bond acceptors (Lipinski definition) is 8. The lowest BCUT2D eigenvalue weighted by atomic mass is 10.0. The van der Waals surface area contributed by atoms with Crippen molar-refractivity contribution in [1.29, 1.82) is 0 Å². The molecule has 0 saturated carbocycles. The lowest BCUT2D eigenvalue weighted by molar-refractivity contribution is -0.118. The van der Waals surface area contributed by atoms with Crippen molar-refractivity contribution in [2.75, 3.05) is 49.9 Å². The van der Waals surface area contributed by atoms with Crippen LogP contribution in [0.25, 0.3) is 10.9 Å². The van der Waals surface area contributed by atoms with E-state index >= 15 is 0 Å². The van der Waals surface area contributed by atoms with Crippen LogP contribution in [0.2, 0.25) is 0 Å². The molecule has 1 aromatic heterocycles. The Morgan fingerprint density at radius 3 is 2.41 bits per heavy atom. The second-order valence-corrected chi connectivity index (χ2v) is 8.86. The maximum Gasteiger partial charge on any atom is 0.262 e. The number of thiol groups is 1. The van der Waals surface area contributed by atoms with Crippen LogP contribution in [0.5, 0.6) is 11.5 Å². The molecule has 0 aliphatic carbocycles. The number of fused-ring (bicyclic) bond motifs is 1. The van der Waals surface area contributed by atoms with E-state index in [0.717, 1.165) is 48.5 Å². The van der Waals surface area contributed by atoms with Gasteiger partial charge in [-0.1, -0.05) is 0 Å². The number of amides is 1. The van der Waals surface area contributed by atoms with Gasteiger partial charge in [0.2, 0.25) is 5.95 Å². The Hall–Kier alpha value is -3.04. The van der Waals surface area contributed by atoms with E-state index in [0.29, 0.717) is 29.2 Å². The van der Waals surface area contributed by atoms with Crippen LogP contribution in [0.15, 0.2) is 42.5 Å². The zero-order valence-electron chi connectivity index (χ0n) is 19.8. The Labute approximate surface area is 205 Å². The molecule has 1 N–H and O–H groups in total. The Morgan fingerprint density at radius 2 is 1.76 bits per heavy atom. The summed E-state index contributed by atoms with van der Waals surface area (Å²) in [6, 6.07) is 13.4. The summed E-state index contributed by atoms with van der Waals surface area (Å²) in [6.07, 6.45) is 2.21. The van der Waals surface area contributed by atoms with Gasteiger partial charge in [-0.2, -0.15) is 0 Å². The fraction of sp³-hybridized carbons (Fsp3) is 0.400. The number of anilines is 2. The minimum Gasteiger partial charge on any atom is -0.484 e. The number of hydrogen-bond donors (Lipinski definition) is 2. The second-order valence-electron chi connectivity index (χ2n) is 8.60. The van der Waals surface area contributed by atoms with Crippen LogP contribution in [0, 0.1) is 6.92 Å². The minimum absolute atomic E-state index is 0.0951. The maximum absolute atomic E-state index is 12.4. The number of piperidine rings is 1. The van der Waals surface area contributed by atoms with Crippen molar-refractivity contribution in [3.63, 3.8) is 0 Å². The van der Waals surface area contributed by atoms with E-state index < -0.39 is 0 Å². The standard InChI is InChI=1S/C25H31N5O3S/c1-17-22-14-18(27-24(31)15-32-20-5-7-21(8-6-20)33-16-34)4-9-23(22)28-25(26-17)30-12-10-19(11-13-30)29(2)3/h4-9,14,19,34H,10-13,15-16H2,1-3H3,(H,27,31). The van der Waals surface area contributed by atoms with Gasteiger partial charge in [0.1, 0.15) is 17.4 Å². The van der Waals surface area contributed by atoms with Gasteiger partial charge < -0.3 is 24.6 Å². The molecule has 0 spiro atoms. The second kappa shape index (κ2) is 10.9. The molecule has 2 aromatic carbocycles. The highest BCUT2D eigenvalue weighted by atomic mass is 32.1. The van der Waals surface area contributed by atoms with E-state index in [4.69, 9.17) is 19.4 Å². The van der Waals surface area contributed by atoms with E-state index in [2.05, 4.69) is 41.8 Å². The summed E-state index contributed by atoms with van der Waals surface area (Å²) in [5, 5.41) is 3.81. The van der Waals surface area contributed by atoms with Crippen LogP contribution in [-0.4, -0.2) is 66.5 Å². The first-order chi connectivity index (χ1) is 16.4. The Bertz CT molecular complexity index is 1130. The number of aryl methyl sites for hydroxylation is 1. The van der Waals surface area contributed by atoms with Crippen LogP contribution in [0.1, 0.15) is 18.5 Å². The minimum atomic E-state index is -0.242. The summed E-state index contributed by atoms with van der Waals surface area (Å²) in [5.41, 5.74) is 2.45. The van der Waals surface area contributed by atoms with Crippen molar-refractivity contribution in [3.05, 3.63) is 48.2 Å². The summed E-state index contributed by atoms with van der Waals surface area (Å²) < 4.78 is 10.8. The van der Waals surface area contributed by atoms with E-state index in [1.807, 2.05) is 25.1 Å². The average molecular weight is 482 g/mol. The van der Waals surface area contributed by atoms with E-state index in [-0.39, 0.29) is 12.5 Å². The third-order valence-electron chi connectivity index (χ3n) is 6.06. The number of nitrogens with zero attached hydrogens (tertiary/aromatic N) is 4. The molecule has 1 aliphatic heterocycles. The number of rotatable bonds is 8. The Kier molecular flexibility index (Phi) is 7.74. The lowest BCUT2D eigenvalue weighted by Crippen LogP contribution is -2.42. The number of ether oxygens (including phenoxy) is 2. The number of benzene rings is 2. The molecule has 0 radical (unpaired) electrons. The number of carbonyl (C=O) groups excluding carboxylic acids is 1. The molecule has 0 unspecified atom stereocenters. The van der Waals surface area contributed by atoms with Gasteiger partial charge in [-0.15, -0.1) is 12.6 Å². The molecule has 2 heterocycles. The van der Waals surface area contributed by atoms with E-state index in [9.17, 15) is 4.79 Å². The Morgan fingerprint density at radius 1 is 1.09 bits per heavy atom. The van der Waals surface area contributed by atoms with Crippen molar-refractivity contribution in [1.82, 2.24) is 14.9 Å². The van der Waals surface area contributed by atoms with Crippen LogP contribution in [0.4, 0.5) is 11.6 Å². The molecular formula is C25H31N5O3S. The largest absolute Gasteiger partial charge is 0.484 e. The average Bonchev–Trinajstić information content (AvgIpc) is 2.84. The first-order valence-corrected chi connectivity index (χ1v) is 12.0. The monoisotopic (exact) mass is 481 g/mol. The predicted molar refractivity (Wildman–Crippen MR) is 138 cm³/mol. The number of nitrogens with one attached hydrogen (secondary N) is 1. The lowest BCUT2D eigenvalue weighted by Gasteiger charge is -2.35. The highest BCUT2D eigenvalue weighted by Gasteiger charge is 2.22. The summed E-state index contributed by atoms with van der Waals surface area (Å²) in [4.78, 5) is 26.5. The van der Waals surface area contributed by atoms with Crippen molar-refractivity contribution in [3.8, 4) is 11.5 Å². The molecule has 180 valence electrons. The molecule has 1 amide bonds. The van der Waals surface area contributed by atoms with Gasteiger partial charge in [0, 0.05) is 30.2 Å². The molecule has 3 aromatic rings. The number of carbonyl (C=O) groups is 1. The molecular weight excluding hydrogens is 450 g/mol. The Balaban J connectivity index is 1.37. The molecule has 4 rings (SSSR count). The summed E-state index contributed by atoms with van der Waals surface area (Å²) in [7, 11) is 4.27. The normalized spacial score (nSPS) is 14.4. The van der Waals surface area contributed by atoms with Crippen molar-refractivity contribution >= 4 is 41.1 Å². The van der Waals surface area contributed by atoms with Crippen molar-refractivity contribution < 1.29 is 14.3 Å². The molecule has 9 heteroatoms. The first-order valence-electron chi connectivity index (χ1n) is 11.4. The topological polar surface area (TPSA) is 79.8 Å². The quantitative estimate of drug-likeness (QED) is 0.375. The van der Waals surface area contributed by atoms with Crippen molar-refractivity contribution in [2.45, 2.75) is 25.8 Å². The summed E-state index contributed by atoms with van der Waals surface area (Å²) in [6.45, 7) is 3.79.